The highest BCUT2D eigenvalue weighted by molar-refractivity contribution is 9.10. The van der Waals surface area contributed by atoms with Crippen LogP contribution >= 0.6 is 39.5 Å². The van der Waals surface area contributed by atoms with Gasteiger partial charge in [-0.15, -0.1) is 0 Å². The Kier molecular flexibility index (Phi) is 5.25. The number of nitrogens with one attached hydrogen (secondary N) is 1. The lowest BCUT2D eigenvalue weighted by atomic mass is 10.2. The van der Waals surface area contributed by atoms with Crippen LogP contribution in [-0.4, -0.2) is 35.0 Å². The Labute approximate surface area is 118 Å². The van der Waals surface area contributed by atoms with Crippen LogP contribution in [-0.2, 0) is 0 Å². The van der Waals surface area contributed by atoms with E-state index in [1.54, 1.807) is 0 Å². The molecule has 1 aliphatic rings. The number of carbonyl (C=O) groups is 1. The monoisotopic (exact) mass is 331 g/mol. The van der Waals surface area contributed by atoms with E-state index in [1.807, 2.05) is 47.8 Å². The zero-order valence-electron chi connectivity index (χ0n) is 9.32. The second-order valence-electron chi connectivity index (χ2n) is 3.76. The first-order chi connectivity index (χ1) is 8.27. The third kappa shape index (κ3) is 3.93. The fourth-order valence-electron chi connectivity index (χ4n) is 1.60. The van der Waals surface area contributed by atoms with Crippen LogP contribution in [0.3, 0.4) is 0 Å². The molecule has 0 aliphatic carbocycles. The highest BCUT2D eigenvalue weighted by Crippen LogP contribution is 2.23. The number of thioether (sulfide) groups is 2. The van der Waals surface area contributed by atoms with Crippen LogP contribution in [0.15, 0.2) is 28.7 Å². The first-order valence-corrected chi connectivity index (χ1v) is 8.49. The molecule has 1 unspecified atom stereocenters. The molecule has 17 heavy (non-hydrogen) atoms. The Morgan fingerprint density at radius 1 is 1.41 bits per heavy atom. The summed E-state index contributed by atoms with van der Waals surface area (Å²) >= 11 is 7.32. The van der Waals surface area contributed by atoms with Gasteiger partial charge in [-0.1, -0.05) is 12.1 Å². The summed E-state index contributed by atoms with van der Waals surface area (Å²) in [4.78, 5) is 12.0. The molecule has 1 atom stereocenters. The molecule has 0 spiro atoms. The molecule has 1 heterocycles. The van der Waals surface area contributed by atoms with Crippen molar-refractivity contribution in [2.75, 3.05) is 23.8 Å². The molecule has 1 aliphatic heterocycles. The lowest BCUT2D eigenvalue weighted by molar-refractivity contribution is 0.0953. The van der Waals surface area contributed by atoms with Gasteiger partial charge in [0, 0.05) is 33.5 Å². The Hall–Kier alpha value is -0.130. The lowest BCUT2D eigenvalue weighted by Crippen LogP contribution is -2.33. The molecule has 1 aromatic carbocycles. The van der Waals surface area contributed by atoms with Crippen molar-refractivity contribution in [3.63, 3.8) is 0 Å². The maximum Gasteiger partial charge on any atom is 0.252 e. The zero-order valence-corrected chi connectivity index (χ0v) is 12.5. The third-order valence-corrected chi connectivity index (χ3v) is 6.03. The average molecular weight is 332 g/mol. The highest BCUT2D eigenvalue weighted by Gasteiger charge is 2.16. The fraction of sp³-hybridized carbons (Fsp3) is 0.417. The Bertz CT molecular complexity index is 394. The molecule has 1 fully saturated rings. The normalized spacial score (nSPS) is 19.9. The number of carbonyl (C=O) groups excluding carboxylic acids is 1. The van der Waals surface area contributed by atoms with Crippen molar-refractivity contribution in [2.45, 2.75) is 5.25 Å². The van der Waals surface area contributed by atoms with Gasteiger partial charge in [0.15, 0.2) is 0 Å². The Morgan fingerprint density at radius 3 is 2.94 bits per heavy atom. The van der Waals surface area contributed by atoms with Crippen LogP contribution in [0.5, 0.6) is 0 Å². The van der Waals surface area contributed by atoms with Gasteiger partial charge in [-0.05, 0) is 28.1 Å². The minimum atomic E-state index is 0.00801. The predicted molar refractivity (Wildman–Crippen MR) is 80.0 cm³/mol. The molecule has 2 nitrogen and oxygen atoms in total. The van der Waals surface area contributed by atoms with Crippen molar-refractivity contribution in [3.05, 3.63) is 34.3 Å². The molecule has 0 aromatic heterocycles. The molecular weight excluding hydrogens is 318 g/mol. The molecule has 0 bridgehead atoms. The van der Waals surface area contributed by atoms with Crippen LogP contribution in [0.25, 0.3) is 0 Å². The summed E-state index contributed by atoms with van der Waals surface area (Å²) < 4.78 is 0.850. The summed E-state index contributed by atoms with van der Waals surface area (Å²) in [5.41, 5.74) is 0.709. The second kappa shape index (κ2) is 6.71. The minimum absolute atomic E-state index is 0.00801. The first-order valence-electron chi connectivity index (χ1n) is 5.49. The maximum absolute atomic E-state index is 12.0. The topological polar surface area (TPSA) is 29.1 Å². The number of benzene rings is 1. The molecule has 5 heteroatoms. The van der Waals surface area contributed by atoms with Gasteiger partial charge in [-0.25, -0.2) is 0 Å². The summed E-state index contributed by atoms with van der Waals surface area (Å²) in [6, 6.07) is 7.52. The highest BCUT2D eigenvalue weighted by atomic mass is 79.9. The summed E-state index contributed by atoms with van der Waals surface area (Å²) in [6.07, 6.45) is 0. The van der Waals surface area contributed by atoms with Gasteiger partial charge >= 0.3 is 0 Å². The van der Waals surface area contributed by atoms with Crippen molar-refractivity contribution in [1.82, 2.24) is 5.32 Å². The summed E-state index contributed by atoms with van der Waals surface area (Å²) in [5, 5.41) is 3.56. The molecule has 1 aromatic rings. The van der Waals surface area contributed by atoms with Crippen LogP contribution in [0, 0.1) is 0 Å². The molecular formula is C12H14BrNOS2. The number of rotatable bonds is 3. The standard InChI is InChI=1S/C12H14BrNOS2/c13-11-4-2-1-3-10(11)12(15)14-7-9-8-16-5-6-17-9/h1-4,9H,5-8H2,(H,14,15). The second-order valence-corrected chi connectivity index (χ2v) is 7.17. The Balaban J connectivity index is 1.87. The van der Waals surface area contributed by atoms with E-state index >= 15 is 0 Å². The van der Waals surface area contributed by atoms with E-state index in [0.717, 1.165) is 16.8 Å². The van der Waals surface area contributed by atoms with Crippen LogP contribution in [0.1, 0.15) is 10.4 Å². The van der Waals surface area contributed by atoms with E-state index < -0.39 is 0 Å². The van der Waals surface area contributed by atoms with E-state index in [-0.39, 0.29) is 5.91 Å². The number of hydrogen-bond donors (Lipinski definition) is 1. The summed E-state index contributed by atoms with van der Waals surface area (Å²) in [6.45, 7) is 0.762. The van der Waals surface area contributed by atoms with Crippen molar-refractivity contribution in [1.29, 1.82) is 0 Å². The molecule has 2 rings (SSSR count). The fourth-order valence-corrected chi connectivity index (χ4v) is 4.68. The van der Waals surface area contributed by atoms with E-state index in [0.29, 0.717) is 10.8 Å². The number of halogens is 1. The van der Waals surface area contributed by atoms with E-state index in [2.05, 4.69) is 21.2 Å². The lowest BCUT2D eigenvalue weighted by Gasteiger charge is -2.21. The van der Waals surface area contributed by atoms with Crippen molar-refractivity contribution in [2.24, 2.45) is 0 Å². The van der Waals surface area contributed by atoms with Crippen LogP contribution < -0.4 is 5.32 Å². The van der Waals surface area contributed by atoms with Gasteiger partial charge in [-0.3, -0.25) is 4.79 Å². The largest absolute Gasteiger partial charge is 0.351 e. The van der Waals surface area contributed by atoms with Crippen molar-refractivity contribution in [3.8, 4) is 0 Å². The third-order valence-electron chi connectivity index (χ3n) is 2.49. The SMILES string of the molecule is O=C(NCC1CSCCS1)c1ccccc1Br. The summed E-state index contributed by atoms with van der Waals surface area (Å²) in [5.74, 6) is 3.58. The maximum atomic E-state index is 12.0. The Morgan fingerprint density at radius 2 is 2.24 bits per heavy atom. The first kappa shape index (κ1) is 13.3. The number of amides is 1. The van der Waals surface area contributed by atoms with Gasteiger partial charge < -0.3 is 5.32 Å². The summed E-state index contributed by atoms with van der Waals surface area (Å²) in [7, 11) is 0. The van der Waals surface area contributed by atoms with Gasteiger partial charge in [0.25, 0.3) is 5.91 Å². The predicted octanol–water partition coefficient (Wildman–Crippen LogP) is 3.03. The molecule has 0 radical (unpaired) electrons. The molecule has 0 saturated carbocycles. The smallest absolute Gasteiger partial charge is 0.252 e. The molecule has 92 valence electrons. The van der Waals surface area contributed by atoms with Crippen molar-refractivity contribution >= 4 is 45.4 Å². The van der Waals surface area contributed by atoms with Gasteiger partial charge in [0.2, 0.25) is 0 Å². The average Bonchev–Trinajstić information content (AvgIpc) is 2.38. The molecule has 1 N–H and O–H groups in total. The van der Waals surface area contributed by atoms with Gasteiger partial charge in [0.05, 0.1) is 5.56 Å². The molecule has 1 amide bonds. The number of hydrogen-bond acceptors (Lipinski definition) is 3. The molecule has 1 saturated heterocycles. The van der Waals surface area contributed by atoms with E-state index in [9.17, 15) is 4.79 Å². The van der Waals surface area contributed by atoms with Gasteiger partial charge in [0.1, 0.15) is 0 Å². The quantitative estimate of drug-likeness (QED) is 0.923. The van der Waals surface area contributed by atoms with E-state index in [4.69, 9.17) is 0 Å². The minimum Gasteiger partial charge on any atom is -0.351 e. The van der Waals surface area contributed by atoms with Gasteiger partial charge in [-0.2, -0.15) is 23.5 Å². The van der Waals surface area contributed by atoms with Crippen LogP contribution in [0.4, 0.5) is 0 Å². The van der Waals surface area contributed by atoms with Crippen molar-refractivity contribution < 1.29 is 4.79 Å². The zero-order chi connectivity index (χ0) is 12.1. The van der Waals surface area contributed by atoms with E-state index in [1.165, 1.54) is 11.5 Å². The van der Waals surface area contributed by atoms with Crippen LogP contribution in [0.2, 0.25) is 0 Å².